The molecule has 3 atom stereocenters. The molecule has 1 aliphatic rings. The molecule has 0 aromatic heterocycles. The normalized spacial score (nSPS) is 26.9. The van der Waals surface area contributed by atoms with Crippen LogP contribution in [0.1, 0.15) is 46.0 Å². The van der Waals surface area contributed by atoms with Crippen LogP contribution >= 0.6 is 0 Å². The molecule has 1 aliphatic heterocycles. The fourth-order valence-electron chi connectivity index (χ4n) is 1.84. The van der Waals surface area contributed by atoms with Gasteiger partial charge in [0.25, 0.3) is 0 Å². The Labute approximate surface area is 102 Å². The highest BCUT2D eigenvalue weighted by molar-refractivity contribution is 5.84. The van der Waals surface area contributed by atoms with Gasteiger partial charge in [-0.2, -0.15) is 0 Å². The zero-order valence-corrected chi connectivity index (χ0v) is 10.6. The van der Waals surface area contributed by atoms with E-state index < -0.39 is 11.8 Å². The molecule has 0 aromatic rings. The molecule has 0 saturated heterocycles. The summed E-state index contributed by atoms with van der Waals surface area (Å²) < 4.78 is 4.78. The lowest BCUT2D eigenvalue weighted by molar-refractivity contribution is -0.180. The van der Waals surface area contributed by atoms with Crippen LogP contribution in [0.4, 0.5) is 0 Å². The molecular weight excluding hydrogens is 220 g/mol. The van der Waals surface area contributed by atoms with Gasteiger partial charge in [-0.15, -0.1) is 0 Å². The number of esters is 1. The standard InChI is InChI=1S/C13H22O4/c1-10(11(2)14)6-4-3-5-8-13(16)9-7-12(15)17-13/h7,9-11,14,16H,3-6,8H2,1-2H3/t10?,11?,13-/m0/s1. The molecule has 1 heterocycles. The third-order valence-electron chi connectivity index (χ3n) is 3.28. The van der Waals surface area contributed by atoms with Crippen molar-refractivity contribution in [1.82, 2.24) is 0 Å². The number of cyclic esters (lactones) is 1. The second-order valence-corrected chi connectivity index (χ2v) is 4.92. The molecular formula is C13H22O4. The molecule has 0 spiro atoms. The third kappa shape index (κ3) is 4.88. The van der Waals surface area contributed by atoms with E-state index in [2.05, 4.69) is 0 Å². The summed E-state index contributed by atoms with van der Waals surface area (Å²) >= 11 is 0. The largest absolute Gasteiger partial charge is 0.426 e. The van der Waals surface area contributed by atoms with Crippen molar-refractivity contribution in [3.63, 3.8) is 0 Å². The first-order chi connectivity index (χ1) is 7.93. The predicted molar refractivity (Wildman–Crippen MR) is 64.1 cm³/mol. The van der Waals surface area contributed by atoms with Gasteiger partial charge >= 0.3 is 5.97 Å². The van der Waals surface area contributed by atoms with E-state index in [9.17, 15) is 15.0 Å². The van der Waals surface area contributed by atoms with Gasteiger partial charge in [0.15, 0.2) is 0 Å². The lowest BCUT2D eigenvalue weighted by Crippen LogP contribution is -2.27. The minimum Gasteiger partial charge on any atom is -0.426 e. The second kappa shape index (κ2) is 6.17. The van der Waals surface area contributed by atoms with Crippen LogP contribution in [0.15, 0.2) is 12.2 Å². The SMILES string of the molecule is CC(O)C(C)CCCCC[C@@]1(O)C=CC(=O)O1. The van der Waals surface area contributed by atoms with Gasteiger partial charge in [0.2, 0.25) is 5.79 Å². The van der Waals surface area contributed by atoms with Crippen molar-refractivity contribution in [1.29, 1.82) is 0 Å². The number of rotatable bonds is 7. The van der Waals surface area contributed by atoms with Gasteiger partial charge in [-0.05, 0) is 31.8 Å². The third-order valence-corrected chi connectivity index (χ3v) is 3.28. The molecule has 0 aliphatic carbocycles. The quantitative estimate of drug-likeness (QED) is 0.527. The topological polar surface area (TPSA) is 66.8 Å². The number of aliphatic hydroxyl groups excluding tert-OH is 1. The first kappa shape index (κ1) is 14.2. The number of carbonyl (C=O) groups excluding carboxylic acids is 1. The zero-order chi connectivity index (χ0) is 12.9. The maximum atomic E-state index is 10.8. The molecule has 0 fully saturated rings. The molecule has 98 valence electrons. The van der Waals surface area contributed by atoms with Crippen LogP contribution in [0, 0.1) is 5.92 Å². The van der Waals surface area contributed by atoms with E-state index in [0.717, 1.165) is 25.7 Å². The summed E-state index contributed by atoms with van der Waals surface area (Å²) in [6.07, 6.45) is 6.61. The highest BCUT2D eigenvalue weighted by Crippen LogP contribution is 2.24. The zero-order valence-electron chi connectivity index (χ0n) is 10.6. The minimum atomic E-state index is -1.38. The van der Waals surface area contributed by atoms with Crippen LogP contribution in [0.25, 0.3) is 0 Å². The summed E-state index contributed by atoms with van der Waals surface area (Å²) in [5.74, 6) is -1.55. The molecule has 17 heavy (non-hydrogen) atoms. The number of hydrogen-bond acceptors (Lipinski definition) is 4. The van der Waals surface area contributed by atoms with Crippen molar-refractivity contribution in [2.75, 3.05) is 0 Å². The smallest absolute Gasteiger partial charge is 0.333 e. The average molecular weight is 242 g/mol. The summed E-state index contributed by atoms with van der Waals surface area (Å²) in [6.45, 7) is 3.83. The predicted octanol–water partition coefficient (Wildman–Crippen LogP) is 1.76. The number of unbranched alkanes of at least 4 members (excludes halogenated alkanes) is 2. The van der Waals surface area contributed by atoms with Gasteiger partial charge in [-0.3, -0.25) is 0 Å². The first-order valence-corrected chi connectivity index (χ1v) is 6.25. The number of ether oxygens (including phenoxy) is 1. The summed E-state index contributed by atoms with van der Waals surface area (Å²) in [4.78, 5) is 10.8. The Morgan fingerprint density at radius 2 is 2.06 bits per heavy atom. The number of carbonyl (C=O) groups is 1. The number of hydrogen-bond donors (Lipinski definition) is 2. The minimum absolute atomic E-state index is 0.266. The first-order valence-electron chi connectivity index (χ1n) is 6.25. The van der Waals surface area contributed by atoms with Crippen LogP contribution in [-0.4, -0.2) is 28.1 Å². The summed E-state index contributed by atoms with van der Waals surface area (Å²) in [5, 5.41) is 19.1. The van der Waals surface area contributed by atoms with Crippen molar-refractivity contribution >= 4 is 5.97 Å². The van der Waals surface area contributed by atoms with Crippen molar-refractivity contribution in [3.8, 4) is 0 Å². The molecule has 1 rings (SSSR count). The Bertz CT molecular complexity index is 285. The van der Waals surface area contributed by atoms with E-state index in [0.29, 0.717) is 12.3 Å². The van der Waals surface area contributed by atoms with E-state index in [-0.39, 0.29) is 6.10 Å². The molecule has 0 saturated carbocycles. The van der Waals surface area contributed by atoms with Gasteiger partial charge in [-0.1, -0.05) is 19.8 Å². The van der Waals surface area contributed by atoms with Gasteiger partial charge < -0.3 is 14.9 Å². The molecule has 0 bridgehead atoms. The van der Waals surface area contributed by atoms with Crippen molar-refractivity contribution in [2.24, 2.45) is 5.92 Å². The Kier molecular flexibility index (Phi) is 5.15. The van der Waals surface area contributed by atoms with Crippen molar-refractivity contribution in [2.45, 2.75) is 57.8 Å². The highest BCUT2D eigenvalue weighted by atomic mass is 16.7. The monoisotopic (exact) mass is 242 g/mol. The fourth-order valence-corrected chi connectivity index (χ4v) is 1.84. The summed E-state index contributed by atoms with van der Waals surface area (Å²) in [7, 11) is 0. The lowest BCUT2D eigenvalue weighted by Gasteiger charge is -2.19. The Morgan fingerprint density at radius 3 is 2.59 bits per heavy atom. The van der Waals surface area contributed by atoms with Crippen molar-refractivity contribution in [3.05, 3.63) is 12.2 Å². The molecule has 2 N–H and O–H groups in total. The van der Waals surface area contributed by atoms with Crippen LogP contribution in [0.3, 0.4) is 0 Å². The van der Waals surface area contributed by atoms with Crippen LogP contribution in [0.2, 0.25) is 0 Å². The molecule has 0 amide bonds. The van der Waals surface area contributed by atoms with E-state index in [1.165, 1.54) is 12.2 Å². The molecule has 0 aromatic carbocycles. The van der Waals surface area contributed by atoms with Gasteiger partial charge in [0.05, 0.1) is 6.10 Å². The summed E-state index contributed by atoms with van der Waals surface area (Å²) in [5.41, 5.74) is 0. The van der Waals surface area contributed by atoms with Crippen molar-refractivity contribution < 1.29 is 19.7 Å². The summed E-state index contributed by atoms with van der Waals surface area (Å²) in [6, 6.07) is 0. The maximum Gasteiger partial charge on any atom is 0.333 e. The number of aliphatic hydroxyl groups is 2. The average Bonchev–Trinajstić information content (AvgIpc) is 2.58. The van der Waals surface area contributed by atoms with Gasteiger partial charge in [-0.25, -0.2) is 4.79 Å². The van der Waals surface area contributed by atoms with E-state index in [4.69, 9.17) is 4.74 Å². The van der Waals surface area contributed by atoms with Crippen LogP contribution < -0.4 is 0 Å². The van der Waals surface area contributed by atoms with Gasteiger partial charge in [0.1, 0.15) is 0 Å². The molecule has 2 unspecified atom stereocenters. The van der Waals surface area contributed by atoms with E-state index >= 15 is 0 Å². The van der Waals surface area contributed by atoms with E-state index in [1.807, 2.05) is 6.92 Å². The fraction of sp³-hybridized carbons (Fsp3) is 0.769. The lowest BCUT2D eigenvalue weighted by atomic mass is 9.97. The van der Waals surface area contributed by atoms with E-state index in [1.54, 1.807) is 6.92 Å². The maximum absolute atomic E-state index is 10.8. The second-order valence-electron chi connectivity index (χ2n) is 4.92. The van der Waals surface area contributed by atoms with Crippen LogP contribution in [0.5, 0.6) is 0 Å². The molecule has 4 heteroatoms. The molecule has 0 radical (unpaired) electrons. The van der Waals surface area contributed by atoms with Crippen LogP contribution in [-0.2, 0) is 9.53 Å². The highest BCUT2D eigenvalue weighted by Gasteiger charge is 2.32. The molecule has 4 nitrogen and oxygen atoms in total. The Balaban J connectivity index is 2.09. The van der Waals surface area contributed by atoms with Gasteiger partial charge in [0, 0.05) is 12.5 Å². The Morgan fingerprint density at radius 1 is 1.35 bits per heavy atom. The Hall–Kier alpha value is -0.870.